The fourth-order valence-corrected chi connectivity index (χ4v) is 4.71. The van der Waals surface area contributed by atoms with Gasteiger partial charge in [-0.25, -0.2) is 8.42 Å². The topological polar surface area (TPSA) is 67.4 Å². The van der Waals surface area contributed by atoms with Crippen LogP contribution in [0.1, 0.15) is 25.3 Å². The Morgan fingerprint density at radius 3 is 2.78 bits per heavy atom. The van der Waals surface area contributed by atoms with Crippen molar-refractivity contribution in [2.45, 2.75) is 30.1 Å². The third-order valence-electron chi connectivity index (χ3n) is 3.79. The molecule has 0 amide bonds. The highest BCUT2D eigenvalue weighted by molar-refractivity contribution is 7.94. The summed E-state index contributed by atoms with van der Waals surface area (Å²) >= 11 is 6.31. The largest absolute Gasteiger partial charge is 0.467 e. The lowest BCUT2D eigenvalue weighted by Gasteiger charge is -2.18. The van der Waals surface area contributed by atoms with E-state index in [2.05, 4.69) is 10.0 Å². The lowest BCUT2D eigenvalue weighted by Crippen LogP contribution is -2.19. The Kier molecular flexibility index (Phi) is 4.31. The molecule has 122 valence electrons. The molecule has 0 unspecified atom stereocenters. The molecule has 0 fully saturated rings. The summed E-state index contributed by atoms with van der Waals surface area (Å²) in [6.45, 7) is 3.97. The predicted octanol–water partition coefficient (Wildman–Crippen LogP) is 3.77. The van der Waals surface area contributed by atoms with Crippen LogP contribution in [0.2, 0.25) is 0 Å². The van der Waals surface area contributed by atoms with E-state index in [-0.39, 0.29) is 16.2 Å². The van der Waals surface area contributed by atoms with E-state index in [1.54, 1.807) is 23.6 Å². The van der Waals surface area contributed by atoms with Crippen LogP contribution in [-0.2, 0) is 14.8 Å². The van der Waals surface area contributed by atoms with E-state index in [4.69, 9.17) is 17.0 Å². The van der Waals surface area contributed by atoms with Gasteiger partial charge in [0.25, 0.3) is 15.2 Å². The first-order chi connectivity index (χ1) is 10.9. The molecule has 2 atom stereocenters. The molecule has 0 radical (unpaired) electrons. The molecule has 8 heteroatoms. The third-order valence-corrected chi connectivity index (χ3v) is 6.77. The molecule has 2 N–H and O–H groups in total. The molecule has 1 aliphatic rings. The van der Waals surface area contributed by atoms with Gasteiger partial charge in [-0.05, 0) is 54.4 Å². The van der Waals surface area contributed by atoms with Gasteiger partial charge in [0.15, 0.2) is 0 Å². The molecule has 2 heterocycles. The summed E-state index contributed by atoms with van der Waals surface area (Å²) in [5.74, 6) is 0.0733. The van der Waals surface area contributed by atoms with Crippen molar-refractivity contribution < 1.29 is 13.2 Å². The Morgan fingerprint density at radius 2 is 2.09 bits per heavy atom. The maximum Gasteiger partial charge on any atom is 0.271 e. The van der Waals surface area contributed by atoms with Crippen LogP contribution >= 0.6 is 23.6 Å². The first-order valence-electron chi connectivity index (χ1n) is 7.05. The lowest BCUT2D eigenvalue weighted by molar-refractivity contribution is 0.191. The number of thiophene rings is 1. The second kappa shape index (κ2) is 6.10. The van der Waals surface area contributed by atoms with Gasteiger partial charge in [0.2, 0.25) is 0 Å². The number of rotatable bonds is 3. The highest BCUT2D eigenvalue weighted by Gasteiger charge is 2.25. The third kappa shape index (κ3) is 3.34. The number of sulfonamides is 1. The van der Waals surface area contributed by atoms with Gasteiger partial charge in [0.05, 0.1) is 0 Å². The van der Waals surface area contributed by atoms with Crippen molar-refractivity contribution in [2.24, 2.45) is 0 Å². The Labute approximate surface area is 144 Å². The molecule has 1 aliphatic heterocycles. The van der Waals surface area contributed by atoms with Crippen LogP contribution in [0.5, 0.6) is 0 Å². The first kappa shape index (κ1) is 16.2. The molecular weight excluding hydrogens is 352 g/mol. The van der Waals surface area contributed by atoms with Crippen LogP contribution < -0.4 is 10.0 Å². The number of hydrogen-bond acceptors (Lipinski definition) is 5. The predicted molar refractivity (Wildman–Crippen MR) is 96.8 cm³/mol. The molecule has 1 aromatic heterocycles. The van der Waals surface area contributed by atoms with Crippen molar-refractivity contribution in [1.82, 2.24) is 0 Å². The number of nitrogens with one attached hydrogen (secondary N) is 2. The van der Waals surface area contributed by atoms with Crippen LogP contribution in [-0.4, -0.2) is 19.7 Å². The number of anilines is 2. The SMILES string of the molecule is C[C@@H]1OC(=S)Nc2ccc(NS(=O)(=O)c3cccs3)cc2[C@H]1C. The Hall–Kier alpha value is -1.64. The van der Waals surface area contributed by atoms with E-state index in [9.17, 15) is 8.42 Å². The maximum absolute atomic E-state index is 12.3. The van der Waals surface area contributed by atoms with Gasteiger partial charge in [-0.15, -0.1) is 11.3 Å². The van der Waals surface area contributed by atoms with Crippen molar-refractivity contribution in [3.63, 3.8) is 0 Å². The number of thiocarbonyl (C=S) groups is 1. The van der Waals surface area contributed by atoms with Crippen molar-refractivity contribution in [1.29, 1.82) is 0 Å². The standard InChI is InChI=1S/C15H16N2O3S3/c1-9-10(2)20-15(21)16-13-6-5-11(8-12(9)13)17-23(18,19)14-4-3-7-22-14/h3-10,17H,1-2H3,(H,16,21)/t9-,10-/m0/s1. The summed E-state index contributed by atoms with van der Waals surface area (Å²) in [5.41, 5.74) is 2.32. The molecule has 0 saturated heterocycles. The fourth-order valence-electron chi connectivity index (χ4n) is 2.40. The zero-order valence-electron chi connectivity index (χ0n) is 12.6. The second-order valence-corrected chi connectivity index (χ2v) is 8.59. The minimum Gasteiger partial charge on any atom is -0.467 e. The summed E-state index contributed by atoms with van der Waals surface area (Å²) in [4.78, 5) is 0. The van der Waals surface area contributed by atoms with Gasteiger partial charge in [0.1, 0.15) is 10.3 Å². The molecule has 1 aromatic carbocycles. The van der Waals surface area contributed by atoms with Crippen molar-refractivity contribution >= 4 is 50.1 Å². The molecule has 0 saturated carbocycles. The fraction of sp³-hybridized carbons (Fsp3) is 0.267. The summed E-state index contributed by atoms with van der Waals surface area (Å²) in [5, 5.41) is 5.10. The first-order valence-corrected chi connectivity index (χ1v) is 9.82. The van der Waals surface area contributed by atoms with E-state index >= 15 is 0 Å². The van der Waals surface area contributed by atoms with E-state index in [0.29, 0.717) is 10.9 Å². The average molecular weight is 369 g/mol. The average Bonchev–Trinajstić information content (AvgIpc) is 2.99. The second-order valence-electron chi connectivity index (χ2n) is 5.36. The summed E-state index contributed by atoms with van der Waals surface area (Å²) in [6, 6.07) is 8.64. The Morgan fingerprint density at radius 1 is 1.30 bits per heavy atom. The van der Waals surface area contributed by atoms with E-state index in [1.807, 2.05) is 26.0 Å². The monoisotopic (exact) mass is 368 g/mol. The van der Waals surface area contributed by atoms with Crippen molar-refractivity contribution in [3.05, 3.63) is 41.3 Å². The summed E-state index contributed by atoms with van der Waals surface area (Å²) in [6.07, 6.45) is -0.0968. The highest BCUT2D eigenvalue weighted by Crippen LogP contribution is 2.34. The number of ether oxygens (including phenoxy) is 1. The number of fused-ring (bicyclic) bond motifs is 1. The Balaban J connectivity index is 1.95. The Bertz CT molecular complexity index is 832. The van der Waals surface area contributed by atoms with Crippen LogP contribution in [0.15, 0.2) is 39.9 Å². The molecule has 0 bridgehead atoms. The molecule has 23 heavy (non-hydrogen) atoms. The smallest absolute Gasteiger partial charge is 0.271 e. The minimum atomic E-state index is -3.56. The minimum absolute atomic E-state index is 0.0733. The number of hydrogen-bond donors (Lipinski definition) is 2. The molecule has 0 aliphatic carbocycles. The van der Waals surface area contributed by atoms with Crippen molar-refractivity contribution in [2.75, 3.05) is 10.0 Å². The zero-order valence-corrected chi connectivity index (χ0v) is 15.0. The lowest BCUT2D eigenvalue weighted by atomic mass is 9.94. The normalized spacial score (nSPS) is 20.9. The van der Waals surface area contributed by atoms with Crippen LogP contribution in [0.3, 0.4) is 0 Å². The van der Waals surface area contributed by atoms with Crippen LogP contribution in [0.4, 0.5) is 11.4 Å². The quantitative estimate of drug-likeness (QED) is 0.807. The summed E-state index contributed by atoms with van der Waals surface area (Å²) in [7, 11) is -3.56. The molecule has 2 aromatic rings. The van der Waals surface area contributed by atoms with Crippen LogP contribution in [0, 0.1) is 0 Å². The zero-order chi connectivity index (χ0) is 16.6. The van der Waals surface area contributed by atoms with Gasteiger partial charge in [-0.3, -0.25) is 4.72 Å². The van der Waals surface area contributed by atoms with Gasteiger partial charge in [-0.1, -0.05) is 13.0 Å². The van der Waals surface area contributed by atoms with Gasteiger partial charge in [0, 0.05) is 17.3 Å². The van der Waals surface area contributed by atoms with Crippen LogP contribution in [0.25, 0.3) is 0 Å². The summed E-state index contributed by atoms with van der Waals surface area (Å²) < 4.78 is 33.2. The number of benzene rings is 1. The van der Waals surface area contributed by atoms with Gasteiger partial charge in [-0.2, -0.15) is 0 Å². The van der Waals surface area contributed by atoms with Gasteiger partial charge >= 0.3 is 0 Å². The van der Waals surface area contributed by atoms with Gasteiger partial charge < -0.3 is 10.1 Å². The molecular formula is C15H16N2O3S3. The maximum atomic E-state index is 12.3. The van der Waals surface area contributed by atoms with Crippen molar-refractivity contribution in [3.8, 4) is 0 Å². The molecule has 0 spiro atoms. The highest BCUT2D eigenvalue weighted by atomic mass is 32.2. The van der Waals surface area contributed by atoms with E-state index in [1.165, 1.54) is 11.3 Å². The molecule has 5 nitrogen and oxygen atoms in total. The van der Waals surface area contributed by atoms with E-state index in [0.717, 1.165) is 11.3 Å². The molecule has 3 rings (SSSR count). The van der Waals surface area contributed by atoms with E-state index < -0.39 is 10.0 Å².